The van der Waals surface area contributed by atoms with Crippen molar-refractivity contribution < 1.29 is 22.8 Å². The Labute approximate surface area is 161 Å². The average Bonchev–Trinajstić information content (AvgIpc) is 2.60. The summed E-state index contributed by atoms with van der Waals surface area (Å²) in [4.78, 5) is 12.2. The summed E-state index contributed by atoms with van der Waals surface area (Å²) in [6, 6.07) is 0. The molecular formula is C20H40O5Si. The number of carbonyl (C=O) groups is 1. The highest BCUT2D eigenvalue weighted by molar-refractivity contribution is 6.62. The molecule has 0 bridgehead atoms. The van der Waals surface area contributed by atoms with E-state index in [1.807, 2.05) is 20.8 Å². The number of hydrogen-bond donors (Lipinski definition) is 0. The van der Waals surface area contributed by atoms with Crippen molar-refractivity contribution in [3.8, 4) is 0 Å². The lowest BCUT2D eigenvalue weighted by Gasteiger charge is -2.34. The van der Waals surface area contributed by atoms with E-state index in [9.17, 15) is 4.79 Å². The molecule has 0 aliphatic rings. The van der Waals surface area contributed by atoms with Crippen molar-refractivity contribution in [2.45, 2.75) is 91.7 Å². The predicted octanol–water partition coefficient (Wildman–Crippen LogP) is 5.20. The first-order valence-corrected chi connectivity index (χ1v) is 12.1. The van der Waals surface area contributed by atoms with Gasteiger partial charge in [0.2, 0.25) is 0 Å². The van der Waals surface area contributed by atoms with Crippen molar-refractivity contribution in [1.29, 1.82) is 0 Å². The van der Waals surface area contributed by atoms with Crippen LogP contribution in [-0.2, 0) is 22.8 Å². The van der Waals surface area contributed by atoms with E-state index in [1.165, 1.54) is 32.1 Å². The molecule has 0 saturated heterocycles. The van der Waals surface area contributed by atoms with Gasteiger partial charge in [-0.05, 0) is 40.5 Å². The Bertz CT molecular complexity index is 369. The van der Waals surface area contributed by atoms with Crippen molar-refractivity contribution in [2.24, 2.45) is 0 Å². The Balaban J connectivity index is 4.96. The molecule has 154 valence electrons. The first-order chi connectivity index (χ1) is 12.5. The Morgan fingerprint density at radius 3 is 1.73 bits per heavy atom. The zero-order valence-corrected chi connectivity index (χ0v) is 18.6. The highest BCUT2D eigenvalue weighted by Crippen LogP contribution is 2.24. The molecule has 0 aliphatic heterocycles. The first-order valence-electron chi connectivity index (χ1n) is 10.3. The van der Waals surface area contributed by atoms with Crippen LogP contribution < -0.4 is 0 Å². The van der Waals surface area contributed by atoms with E-state index in [4.69, 9.17) is 18.0 Å². The van der Waals surface area contributed by atoms with Crippen LogP contribution in [0.1, 0.15) is 86.0 Å². The minimum Gasteiger partial charge on any atom is -0.454 e. The van der Waals surface area contributed by atoms with Crippen LogP contribution in [-0.4, -0.2) is 40.3 Å². The van der Waals surface area contributed by atoms with Crippen molar-refractivity contribution in [2.75, 3.05) is 19.8 Å². The van der Waals surface area contributed by atoms with E-state index in [0.29, 0.717) is 31.8 Å². The minimum absolute atomic E-state index is 0.377. The standard InChI is InChI=1S/C20H40O5Si/c1-7-11-12-13-14-15-16-17-19(25-20(21)18(5)6)26(22-8-2,23-9-3)24-10-4/h19H,5,7-17H2,1-4,6H3. The molecule has 6 heteroatoms. The Morgan fingerprint density at radius 1 is 0.846 bits per heavy atom. The van der Waals surface area contributed by atoms with Gasteiger partial charge in [-0.15, -0.1) is 0 Å². The second kappa shape index (κ2) is 15.4. The third-order valence-corrected chi connectivity index (χ3v) is 7.37. The monoisotopic (exact) mass is 388 g/mol. The van der Waals surface area contributed by atoms with E-state index < -0.39 is 20.5 Å². The summed E-state index contributed by atoms with van der Waals surface area (Å²) in [6.45, 7) is 14.7. The lowest BCUT2D eigenvalue weighted by atomic mass is 10.1. The molecule has 0 radical (unpaired) electrons. The molecule has 0 fully saturated rings. The van der Waals surface area contributed by atoms with E-state index in [-0.39, 0.29) is 0 Å². The van der Waals surface area contributed by atoms with Gasteiger partial charge in [-0.3, -0.25) is 0 Å². The Hall–Kier alpha value is -0.693. The van der Waals surface area contributed by atoms with Gasteiger partial charge in [0, 0.05) is 25.4 Å². The molecule has 0 amide bonds. The van der Waals surface area contributed by atoms with Crippen LogP contribution in [0.3, 0.4) is 0 Å². The summed E-state index contributed by atoms with van der Waals surface area (Å²) in [5.74, 6) is -0.408. The van der Waals surface area contributed by atoms with E-state index in [2.05, 4.69) is 13.5 Å². The van der Waals surface area contributed by atoms with Crippen LogP contribution in [0.2, 0.25) is 0 Å². The summed E-state index contributed by atoms with van der Waals surface area (Å²) in [6.07, 6.45) is 9.07. The van der Waals surface area contributed by atoms with Crippen LogP contribution in [0.4, 0.5) is 0 Å². The third-order valence-electron chi connectivity index (χ3n) is 4.10. The van der Waals surface area contributed by atoms with E-state index in [0.717, 1.165) is 12.8 Å². The van der Waals surface area contributed by atoms with Gasteiger partial charge in [-0.2, -0.15) is 0 Å². The average molecular weight is 389 g/mol. The number of hydrogen-bond acceptors (Lipinski definition) is 5. The predicted molar refractivity (Wildman–Crippen MR) is 108 cm³/mol. The highest BCUT2D eigenvalue weighted by Gasteiger charge is 2.51. The van der Waals surface area contributed by atoms with Gasteiger partial charge in [0.1, 0.15) is 0 Å². The number of ether oxygens (including phenoxy) is 1. The maximum atomic E-state index is 12.2. The maximum Gasteiger partial charge on any atom is 0.544 e. The third kappa shape index (κ3) is 9.85. The van der Waals surface area contributed by atoms with Crippen LogP contribution >= 0.6 is 0 Å². The van der Waals surface area contributed by atoms with Gasteiger partial charge in [-0.25, -0.2) is 4.79 Å². The lowest BCUT2D eigenvalue weighted by Crippen LogP contribution is -2.58. The van der Waals surface area contributed by atoms with Crippen LogP contribution in [0, 0.1) is 0 Å². The molecule has 1 atom stereocenters. The zero-order valence-electron chi connectivity index (χ0n) is 17.6. The molecule has 0 heterocycles. The van der Waals surface area contributed by atoms with Crippen LogP contribution in [0.15, 0.2) is 12.2 Å². The Morgan fingerprint density at radius 2 is 1.31 bits per heavy atom. The molecule has 26 heavy (non-hydrogen) atoms. The van der Waals surface area contributed by atoms with E-state index in [1.54, 1.807) is 6.92 Å². The van der Waals surface area contributed by atoms with Crippen LogP contribution in [0.25, 0.3) is 0 Å². The normalized spacial score (nSPS) is 12.8. The fourth-order valence-electron chi connectivity index (χ4n) is 2.83. The van der Waals surface area contributed by atoms with Crippen molar-refractivity contribution in [3.05, 3.63) is 12.2 Å². The molecule has 1 unspecified atom stereocenters. The van der Waals surface area contributed by atoms with Crippen LogP contribution in [0.5, 0.6) is 0 Å². The maximum absolute atomic E-state index is 12.2. The molecule has 0 spiro atoms. The van der Waals surface area contributed by atoms with Gasteiger partial charge in [0.15, 0.2) is 5.73 Å². The second-order valence-corrected chi connectivity index (χ2v) is 9.20. The first kappa shape index (κ1) is 25.3. The molecule has 0 saturated carbocycles. The number of esters is 1. The highest BCUT2D eigenvalue weighted by atomic mass is 28.4. The van der Waals surface area contributed by atoms with Gasteiger partial charge >= 0.3 is 14.8 Å². The fourth-order valence-corrected chi connectivity index (χ4v) is 5.66. The summed E-state index contributed by atoms with van der Waals surface area (Å²) < 4.78 is 23.6. The molecule has 0 rings (SSSR count). The fraction of sp³-hybridized carbons (Fsp3) is 0.850. The van der Waals surface area contributed by atoms with Crippen molar-refractivity contribution >= 4 is 14.8 Å². The topological polar surface area (TPSA) is 54.0 Å². The SMILES string of the molecule is C=C(C)C(=O)OC(CCCCCCCCC)[Si](OCC)(OCC)OCC. The van der Waals surface area contributed by atoms with Crippen molar-refractivity contribution in [3.63, 3.8) is 0 Å². The van der Waals surface area contributed by atoms with Crippen molar-refractivity contribution in [1.82, 2.24) is 0 Å². The number of rotatable bonds is 17. The summed E-state index contributed by atoms with van der Waals surface area (Å²) in [7, 11) is -3.10. The quantitative estimate of drug-likeness (QED) is 0.148. The largest absolute Gasteiger partial charge is 0.544 e. The molecular weight excluding hydrogens is 348 g/mol. The summed E-state index contributed by atoms with van der Waals surface area (Å²) in [5.41, 5.74) is -0.107. The molecule has 0 aromatic rings. The lowest BCUT2D eigenvalue weighted by molar-refractivity contribution is -0.144. The second-order valence-electron chi connectivity index (χ2n) is 6.49. The van der Waals surface area contributed by atoms with Gasteiger partial charge < -0.3 is 18.0 Å². The summed E-state index contributed by atoms with van der Waals surface area (Å²) >= 11 is 0. The van der Waals surface area contributed by atoms with E-state index >= 15 is 0 Å². The number of unbranched alkanes of at least 4 members (excludes halogenated alkanes) is 6. The smallest absolute Gasteiger partial charge is 0.454 e. The molecule has 0 aromatic carbocycles. The molecule has 0 aromatic heterocycles. The van der Waals surface area contributed by atoms with Gasteiger partial charge in [0.05, 0.1) is 0 Å². The molecule has 0 aliphatic carbocycles. The van der Waals surface area contributed by atoms with Gasteiger partial charge in [0.25, 0.3) is 0 Å². The minimum atomic E-state index is -3.10. The zero-order chi connectivity index (χ0) is 19.8. The molecule has 0 N–H and O–H groups in total. The van der Waals surface area contributed by atoms with Gasteiger partial charge in [-0.1, -0.05) is 52.0 Å². The Kier molecular flexibility index (Phi) is 15.0. The number of carbonyl (C=O) groups excluding carboxylic acids is 1. The summed E-state index contributed by atoms with van der Waals surface area (Å²) in [5, 5.41) is 0. The molecule has 5 nitrogen and oxygen atoms in total.